The first-order chi connectivity index (χ1) is 11.2. The van der Waals surface area contributed by atoms with Crippen LogP contribution in [0, 0.1) is 12.8 Å². The molecule has 23 heavy (non-hydrogen) atoms. The summed E-state index contributed by atoms with van der Waals surface area (Å²) < 4.78 is 5.14. The minimum absolute atomic E-state index is 0.0890. The van der Waals surface area contributed by atoms with Crippen LogP contribution < -0.4 is 5.32 Å². The molecule has 2 atom stereocenters. The standard InChI is InChI=1S/C19H22N2O2/c1-12-7-16(23-21-12)9-19(22)15-4-2-3-14(8-15)17-10-18(17)20-11-13-5-6-13/h2-4,7-8,13,17-18,20H,5-6,9-11H2,1H3. The lowest BCUT2D eigenvalue weighted by molar-refractivity contribution is 0.0984. The molecule has 0 spiro atoms. The third-order valence-electron chi connectivity index (χ3n) is 4.80. The highest BCUT2D eigenvalue weighted by atomic mass is 16.5. The number of rotatable bonds is 7. The fourth-order valence-corrected chi connectivity index (χ4v) is 3.13. The first kappa shape index (κ1) is 14.6. The summed E-state index contributed by atoms with van der Waals surface area (Å²) in [5.74, 6) is 2.20. The van der Waals surface area contributed by atoms with Crippen LogP contribution in [-0.4, -0.2) is 23.5 Å². The van der Waals surface area contributed by atoms with Crippen LogP contribution in [0.15, 0.2) is 34.9 Å². The minimum atomic E-state index is 0.0890. The Kier molecular flexibility index (Phi) is 3.77. The van der Waals surface area contributed by atoms with Crippen molar-refractivity contribution in [1.29, 1.82) is 0 Å². The van der Waals surface area contributed by atoms with E-state index in [9.17, 15) is 4.79 Å². The van der Waals surface area contributed by atoms with Crippen molar-refractivity contribution in [3.63, 3.8) is 0 Å². The summed E-state index contributed by atoms with van der Waals surface area (Å²) in [4.78, 5) is 12.4. The van der Waals surface area contributed by atoms with Gasteiger partial charge in [0.15, 0.2) is 5.78 Å². The van der Waals surface area contributed by atoms with E-state index < -0.39 is 0 Å². The molecule has 4 rings (SSSR count). The van der Waals surface area contributed by atoms with Crippen LogP contribution in [0.5, 0.6) is 0 Å². The number of Topliss-reactive ketones (excluding diaryl/α,β-unsaturated/α-hetero) is 1. The maximum Gasteiger partial charge on any atom is 0.170 e. The Balaban J connectivity index is 1.39. The van der Waals surface area contributed by atoms with Gasteiger partial charge in [0.1, 0.15) is 5.76 Å². The van der Waals surface area contributed by atoms with Crippen molar-refractivity contribution in [2.45, 2.75) is 44.6 Å². The second-order valence-corrected chi connectivity index (χ2v) is 6.96. The zero-order valence-corrected chi connectivity index (χ0v) is 13.4. The molecule has 4 heteroatoms. The molecule has 2 aliphatic carbocycles. The van der Waals surface area contributed by atoms with Gasteiger partial charge in [-0.1, -0.05) is 23.4 Å². The maximum absolute atomic E-state index is 12.4. The van der Waals surface area contributed by atoms with Gasteiger partial charge in [-0.2, -0.15) is 0 Å². The Morgan fingerprint density at radius 1 is 1.35 bits per heavy atom. The lowest BCUT2D eigenvalue weighted by atomic mass is 10.0. The van der Waals surface area contributed by atoms with Gasteiger partial charge in [0, 0.05) is 23.6 Å². The molecule has 0 aliphatic heterocycles. The van der Waals surface area contributed by atoms with Gasteiger partial charge in [-0.05, 0) is 50.3 Å². The van der Waals surface area contributed by atoms with E-state index in [2.05, 4.69) is 22.6 Å². The number of aryl methyl sites for hydroxylation is 1. The smallest absolute Gasteiger partial charge is 0.170 e. The number of nitrogens with zero attached hydrogens (tertiary/aromatic N) is 1. The second-order valence-electron chi connectivity index (χ2n) is 6.96. The van der Waals surface area contributed by atoms with Crippen LogP contribution in [-0.2, 0) is 6.42 Å². The number of ketones is 1. The van der Waals surface area contributed by atoms with Gasteiger partial charge in [-0.25, -0.2) is 0 Å². The third-order valence-corrected chi connectivity index (χ3v) is 4.80. The zero-order chi connectivity index (χ0) is 15.8. The highest BCUT2D eigenvalue weighted by molar-refractivity contribution is 5.97. The molecule has 0 saturated heterocycles. The normalized spacial score (nSPS) is 23.0. The van der Waals surface area contributed by atoms with Crippen LogP contribution in [0.1, 0.15) is 52.6 Å². The van der Waals surface area contributed by atoms with Gasteiger partial charge in [-0.15, -0.1) is 0 Å². The first-order valence-electron chi connectivity index (χ1n) is 8.48. The second kappa shape index (κ2) is 5.93. The van der Waals surface area contributed by atoms with E-state index in [4.69, 9.17) is 4.52 Å². The van der Waals surface area contributed by atoms with Crippen molar-refractivity contribution in [2.75, 3.05) is 6.54 Å². The fourth-order valence-electron chi connectivity index (χ4n) is 3.13. The summed E-state index contributed by atoms with van der Waals surface area (Å²) in [6, 6.07) is 10.5. The molecule has 1 N–H and O–H groups in total. The van der Waals surface area contributed by atoms with Gasteiger partial charge in [0.05, 0.1) is 12.1 Å². The first-order valence-corrected chi connectivity index (χ1v) is 8.48. The lowest BCUT2D eigenvalue weighted by Gasteiger charge is -2.05. The largest absolute Gasteiger partial charge is 0.361 e. The topological polar surface area (TPSA) is 55.1 Å². The average molecular weight is 310 g/mol. The van der Waals surface area contributed by atoms with Crippen molar-refractivity contribution in [3.8, 4) is 0 Å². The van der Waals surface area contributed by atoms with E-state index >= 15 is 0 Å². The van der Waals surface area contributed by atoms with Gasteiger partial charge in [0.25, 0.3) is 0 Å². The molecule has 2 aromatic rings. The van der Waals surface area contributed by atoms with Crippen molar-refractivity contribution < 1.29 is 9.32 Å². The summed E-state index contributed by atoms with van der Waals surface area (Å²) in [7, 11) is 0. The number of hydrogen-bond acceptors (Lipinski definition) is 4. The van der Waals surface area contributed by atoms with Crippen LogP contribution in [0.4, 0.5) is 0 Å². The highest BCUT2D eigenvalue weighted by Gasteiger charge is 2.39. The van der Waals surface area contributed by atoms with E-state index in [1.807, 2.05) is 25.1 Å². The van der Waals surface area contributed by atoms with Gasteiger partial charge >= 0.3 is 0 Å². The number of carbonyl (C=O) groups excluding carboxylic acids is 1. The Labute approximate surface area is 136 Å². The minimum Gasteiger partial charge on any atom is -0.361 e. The monoisotopic (exact) mass is 310 g/mol. The molecule has 1 heterocycles. The summed E-state index contributed by atoms with van der Waals surface area (Å²) in [5, 5.41) is 7.48. The number of hydrogen-bond donors (Lipinski definition) is 1. The third kappa shape index (κ3) is 3.53. The van der Waals surface area contributed by atoms with Crippen LogP contribution in [0.3, 0.4) is 0 Å². The Bertz CT molecular complexity index is 718. The summed E-state index contributed by atoms with van der Waals surface area (Å²) >= 11 is 0. The number of nitrogens with one attached hydrogen (secondary N) is 1. The van der Waals surface area contributed by atoms with E-state index in [1.165, 1.54) is 24.8 Å². The fraction of sp³-hybridized carbons (Fsp3) is 0.474. The number of benzene rings is 1. The predicted molar refractivity (Wildman–Crippen MR) is 87.6 cm³/mol. The van der Waals surface area contributed by atoms with E-state index in [0.717, 1.165) is 23.7 Å². The van der Waals surface area contributed by atoms with Crippen LogP contribution >= 0.6 is 0 Å². The molecule has 0 radical (unpaired) electrons. The molecular weight excluding hydrogens is 288 g/mol. The number of aromatic nitrogens is 1. The molecule has 2 fully saturated rings. The molecule has 1 aromatic heterocycles. The Hall–Kier alpha value is -1.94. The predicted octanol–water partition coefficient (Wildman–Crippen LogP) is 3.26. The Morgan fingerprint density at radius 2 is 2.22 bits per heavy atom. The summed E-state index contributed by atoms with van der Waals surface area (Å²) in [6.07, 6.45) is 4.23. The average Bonchev–Trinajstić information content (AvgIpc) is 3.45. The van der Waals surface area contributed by atoms with Crippen molar-refractivity contribution in [2.24, 2.45) is 5.92 Å². The molecule has 2 aliphatic rings. The van der Waals surface area contributed by atoms with Crippen molar-refractivity contribution in [1.82, 2.24) is 10.5 Å². The van der Waals surface area contributed by atoms with Gasteiger partial charge in [0.2, 0.25) is 0 Å². The molecule has 0 amide bonds. The highest BCUT2D eigenvalue weighted by Crippen LogP contribution is 2.41. The molecule has 0 bridgehead atoms. The van der Waals surface area contributed by atoms with Crippen molar-refractivity contribution >= 4 is 5.78 Å². The van der Waals surface area contributed by atoms with Crippen LogP contribution in [0.2, 0.25) is 0 Å². The molecule has 120 valence electrons. The van der Waals surface area contributed by atoms with Crippen molar-refractivity contribution in [3.05, 3.63) is 52.9 Å². The van der Waals surface area contributed by atoms with E-state index in [1.54, 1.807) is 0 Å². The summed E-state index contributed by atoms with van der Waals surface area (Å²) in [5.41, 5.74) is 2.85. The molecular formula is C19H22N2O2. The van der Waals surface area contributed by atoms with E-state index in [0.29, 0.717) is 17.7 Å². The van der Waals surface area contributed by atoms with Gasteiger partial charge in [-0.3, -0.25) is 4.79 Å². The molecule has 4 nitrogen and oxygen atoms in total. The van der Waals surface area contributed by atoms with Crippen LogP contribution in [0.25, 0.3) is 0 Å². The van der Waals surface area contributed by atoms with Gasteiger partial charge < -0.3 is 9.84 Å². The van der Waals surface area contributed by atoms with E-state index in [-0.39, 0.29) is 12.2 Å². The SMILES string of the molecule is Cc1cc(CC(=O)c2cccc(C3CC3NCC3CC3)c2)on1. The molecule has 2 saturated carbocycles. The quantitative estimate of drug-likeness (QED) is 0.798. The summed E-state index contributed by atoms with van der Waals surface area (Å²) in [6.45, 7) is 3.02. The zero-order valence-electron chi connectivity index (χ0n) is 13.4. The number of carbonyl (C=O) groups is 1. The lowest BCUT2D eigenvalue weighted by Crippen LogP contribution is -2.20. The maximum atomic E-state index is 12.4. The molecule has 2 unspecified atom stereocenters. The Morgan fingerprint density at radius 3 is 2.96 bits per heavy atom. The molecule has 1 aromatic carbocycles.